The molecule has 1 unspecified atom stereocenters. The Morgan fingerprint density at radius 3 is 2.68 bits per heavy atom. The van der Waals surface area contributed by atoms with E-state index in [0.717, 1.165) is 23.2 Å². The molecule has 8 nitrogen and oxygen atoms in total. The molecule has 176 valence electrons. The van der Waals surface area contributed by atoms with Crippen LogP contribution < -0.4 is 11.1 Å². The molecule has 0 bridgehead atoms. The summed E-state index contributed by atoms with van der Waals surface area (Å²) >= 11 is 0. The van der Waals surface area contributed by atoms with Crippen molar-refractivity contribution in [2.24, 2.45) is 0 Å². The summed E-state index contributed by atoms with van der Waals surface area (Å²) in [6.07, 6.45) is 4.21. The first-order valence-corrected chi connectivity index (χ1v) is 11.4. The number of aliphatic hydroxyl groups excluding tert-OH is 1. The molecule has 4 N–H and O–H groups in total. The Bertz CT molecular complexity index is 1370. The molecule has 0 aliphatic carbocycles. The number of hydrogen-bond acceptors (Lipinski definition) is 7. The molecule has 0 saturated heterocycles. The molecule has 1 aliphatic heterocycles. The number of aliphatic hydroxyl groups is 1. The second kappa shape index (κ2) is 8.66. The van der Waals surface area contributed by atoms with Crippen LogP contribution in [0.15, 0.2) is 42.9 Å². The predicted molar refractivity (Wildman–Crippen MR) is 131 cm³/mol. The van der Waals surface area contributed by atoms with Gasteiger partial charge in [-0.3, -0.25) is 14.6 Å². The van der Waals surface area contributed by atoms with Crippen molar-refractivity contribution < 1.29 is 9.50 Å². The number of pyridine rings is 2. The van der Waals surface area contributed by atoms with Gasteiger partial charge in [0.2, 0.25) is 0 Å². The molecule has 1 aliphatic rings. The number of nitrogens with two attached hydrogens (primary N) is 1. The van der Waals surface area contributed by atoms with Crippen molar-refractivity contribution in [2.75, 3.05) is 24.1 Å². The number of anilines is 3. The summed E-state index contributed by atoms with van der Waals surface area (Å²) in [4.78, 5) is 10.8. The molecular formula is C25H28FN7O. The fourth-order valence-corrected chi connectivity index (χ4v) is 4.42. The van der Waals surface area contributed by atoms with Gasteiger partial charge >= 0.3 is 0 Å². The number of hydrogen-bond donors (Lipinski definition) is 3. The van der Waals surface area contributed by atoms with Crippen molar-refractivity contribution in [3.63, 3.8) is 0 Å². The minimum absolute atomic E-state index is 0.354. The largest absolute Gasteiger partial charge is 0.397 e. The van der Waals surface area contributed by atoms with Crippen LogP contribution in [0, 0.1) is 12.7 Å². The third-order valence-electron chi connectivity index (χ3n) is 6.50. The van der Waals surface area contributed by atoms with Gasteiger partial charge in [-0.25, -0.2) is 9.37 Å². The Balaban J connectivity index is 1.45. The summed E-state index contributed by atoms with van der Waals surface area (Å²) in [7, 11) is 0. The Morgan fingerprint density at radius 2 is 1.88 bits per heavy atom. The molecule has 34 heavy (non-hydrogen) atoms. The lowest BCUT2D eigenvalue weighted by atomic mass is 9.99. The molecule has 0 spiro atoms. The molecule has 1 aromatic carbocycles. The van der Waals surface area contributed by atoms with Crippen molar-refractivity contribution in [2.45, 2.75) is 39.5 Å². The van der Waals surface area contributed by atoms with E-state index >= 15 is 0 Å². The molecule has 1 atom stereocenters. The minimum atomic E-state index is -0.613. The van der Waals surface area contributed by atoms with Crippen molar-refractivity contribution in [1.82, 2.24) is 24.6 Å². The van der Waals surface area contributed by atoms with Gasteiger partial charge in [0, 0.05) is 54.1 Å². The van der Waals surface area contributed by atoms with Gasteiger partial charge in [0.25, 0.3) is 0 Å². The Kier molecular flexibility index (Phi) is 5.66. The highest BCUT2D eigenvalue weighted by molar-refractivity contribution is 5.90. The number of rotatable bonds is 4. The van der Waals surface area contributed by atoms with E-state index in [1.165, 1.54) is 6.07 Å². The van der Waals surface area contributed by atoms with Crippen LogP contribution in [0.1, 0.15) is 31.2 Å². The van der Waals surface area contributed by atoms with Crippen LogP contribution in [0.25, 0.3) is 21.9 Å². The van der Waals surface area contributed by atoms with Crippen LogP contribution in [-0.4, -0.2) is 48.9 Å². The van der Waals surface area contributed by atoms with Crippen LogP contribution in [0.2, 0.25) is 0 Å². The van der Waals surface area contributed by atoms with Crippen molar-refractivity contribution in [1.29, 1.82) is 0 Å². The summed E-state index contributed by atoms with van der Waals surface area (Å²) in [6.45, 7) is 8.20. The number of nitrogens with zero attached hydrogens (tertiary/aromatic N) is 5. The zero-order valence-electron chi connectivity index (χ0n) is 19.5. The SMILES string of the molecule is Cc1c(N)cncc1-c1cc2cc(Nc3cc4n(n3)CCN(C(C)C)CC4O)ncc2cc1F. The average molecular weight is 462 g/mol. The van der Waals surface area contributed by atoms with Crippen molar-refractivity contribution in [3.8, 4) is 11.1 Å². The Morgan fingerprint density at radius 1 is 1.06 bits per heavy atom. The smallest absolute Gasteiger partial charge is 0.153 e. The van der Waals surface area contributed by atoms with Crippen LogP contribution in [-0.2, 0) is 6.54 Å². The van der Waals surface area contributed by atoms with E-state index in [9.17, 15) is 9.50 Å². The van der Waals surface area contributed by atoms with Crippen LogP contribution >= 0.6 is 0 Å². The molecule has 4 heterocycles. The maximum absolute atomic E-state index is 14.9. The topological polar surface area (TPSA) is 105 Å². The summed E-state index contributed by atoms with van der Waals surface area (Å²) in [5, 5.41) is 20.1. The summed E-state index contributed by atoms with van der Waals surface area (Å²) in [6, 6.07) is 7.33. The second-order valence-corrected chi connectivity index (χ2v) is 9.06. The third kappa shape index (κ3) is 4.08. The van der Waals surface area contributed by atoms with Crippen LogP contribution in [0.5, 0.6) is 0 Å². The van der Waals surface area contributed by atoms with E-state index in [-0.39, 0.29) is 5.82 Å². The van der Waals surface area contributed by atoms with Crippen LogP contribution in [0.4, 0.5) is 21.7 Å². The fourth-order valence-electron chi connectivity index (χ4n) is 4.42. The molecule has 0 amide bonds. The van der Waals surface area contributed by atoms with Gasteiger partial charge in [0.05, 0.1) is 24.1 Å². The number of nitrogens with one attached hydrogen (secondary N) is 1. The number of aromatic nitrogens is 4. The van der Waals surface area contributed by atoms with Crippen LogP contribution in [0.3, 0.4) is 0 Å². The van der Waals surface area contributed by atoms with Gasteiger partial charge < -0.3 is 16.2 Å². The van der Waals surface area contributed by atoms with E-state index in [1.807, 2.05) is 23.7 Å². The lowest BCUT2D eigenvalue weighted by Crippen LogP contribution is -2.34. The number of nitrogen functional groups attached to an aromatic ring is 1. The van der Waals surface area contributed by atoms with Gasteiger partial charge in [0.1, 0.15) is 17.7 Å². The van der Waals surface area contributed by atoms with E-state index < -0.39 is 6.10 Å². The molecule has 0 fully saturated rings. The van der Waals surface area contributed by atoms with Gasteiger partial charge in [-0.05, 0) is 49.9 Å². The maximum atomic E-state index is 14.9. The lowest BCUT2D eigenvalue weighted by molar-refractivity contribution is 0.103. The molecule has 0 saturated carbocycles. The minimum Gasteiger partial charge on any atom is -0.397 e. The monoisotopic (exact) mass is 461 g/mol. The number of halogens is 1. The summed E-state index contributed by atoms with van der Waals surface area (Å²) < 4.78 is 16.7. The molecule has 4 aromatic rings. The van der Waals surface area contributed by atoms with Gasteiger partial charge in [-0.1, -0.05) is 0 Å². The zero-order valence-corrected chi connectivity index (χ0v) is 19.5. The Hall–Kier alpha value is -3.56. The highest BCUT2D eigenvalue weighted by atomic mass is 19.1. The number of benzene rings is 1. The lowest BCUT2D eigenvalue weighted by Gasteiger charge is -2.25. The molecular weight excluding hydrogens is 433 g/mol. The van der Waals surface area contributed by atoms with Gasteiger partial charge in [-0.15, -0.1) is 0 Å². The highest BCUT2D eigenvalue weighted by Crippen LogP contribution is 2.32. The molecule has 3 aromatic heterocycles. The van der Waals surface area contributed by atoms with Crippen molar-refractivity contribution in [3.05, 3.63) is 59.9 Å². The quantitative estimate of drug-likeness (QED) is 0.421. The van der Waals surface area contributed by atoms with E-state index in [0.29, 0.717) is 53.0 Å². The third-order valence-corrected chi connectivity index (χ3v) is 6.50. The number of fused-ring (bicyclic) bond motifs is 2. The first-order chi connectivity index (χ1) is 16.3. The summed E-state index contributed by atoms with van der Waals surface area (Å²) in [5.41, 5.74) is 9.16. The summed E-state index contributed by atoms with van der Waals surface area (Å²) in [5.74, 6) is 0.837. The first-order valence-electron chi connectivity index (χ1n) is 11.4. The van der Waals surface area contributed by atoms with Gasteiger partial charge in [-0.2, -0.15) is 5.10 Å². The Labute approximate surface area is 197 Å². The van der Waals surface area contributed by atoms with Crippen molar-refractivity contribution >= 4 is 28.1 Å². The molecule has 0 radical (unpaired) electrons. The normalized spacial score (nSPS) is 16.6. The molecule has 9 heteroatoms. The fraction of sp³-hybridized carbons (Fsp3) is 0.320. The predicted octanol–water partition coefficient (Wildman–Crippen LogP) is 4.02. The highest BCUT2D eigenvalue weighted by Gasteiger charge is 2.24. The number of β-amino-alcohol motifs (C(OH)–C–C–N with tert-alkyl or cyclic N) is 1. The molecule has 5 rings (SSSR count). The van der Waals surface area contributed by atoms with E-state index in [4.69, 9.17) is 5.73 Å². The van der Waals surface area contributed by atoms with E-state index in [2.05, 4.69) is 39.1 Å². The zero-order chi connectivity index (χ0) is 24.0. The van der Waals surface area contributed by atoms with E-state index in [1.54, 1.807) is 24.7 Å². The standard InChI is InChI=1S/C25H28FN7O/c1-14(2)32-4-5-33-22(23(34)13-32)9-25(31-33)30-24-8-16-6-18(20(26)7-17(16)10-29-24)19-11-28-12-21(27)15(19)3/h6-12,14,23,34H,4-5,13,27H2,1-3H3,(H,29,30,31). The van der Waals surface area contributed by atoms with Gasteiger partial charge in [0.15, 0.2) is 5.82 Å². The first kappa shape index (κ1) is 22.2. The average Bonchev–Trinajstić information content (AvgIpc) is 3.13. The maximum Gasteiger partial charge on any atom is 0.153 e. The second-order valence-electron chi connectivity index (χ2n) is 9.06.